The molecule has 0 spiro atoms. The molecule has 0 saturated carbocycles. The smallest absolute Gasteiger partial charge is 0.255 e. The average Bonchev–Trinajstić information content (AvgIpc) is 2.97. The van der Waals surface area contributed by atoms with Gasteiger partial charge < -0.3 is 20.1 Å². The maximum absolute atomic E-state index is 12.0. The maximum Gasteiger partial charge on any atom is 0.255 e. The molecule has 110 valence electrons. The fourth-order valence-corrected chi connectivity index (χ4v) is 2.48. The van der Waals surface area contributed by atoms with Crippen molar-refractivity contribution < 1.29 is 14.6 Å². The molecule has 0 bridgehead atoms. The van der Waals surface area contributed by atoms with E-state index in [0.29, 0.717) is 12.3 Å². The van der Waals surface area contributed by atoms with Crippen LogP contribution in [0.3, 0.4) is 0 Å². The number of carbonyl (C=O) groups excluding carboxylic acids is 1. The number of hydrogen-bond donors (Lipinski definition) is 2. The number of para-hydroxylation sites is 1. The Bertz CT molecular complexity index is 456. The van der Waals surface area contributed by atoms with Crippen molar-refractivity contribution in [2.75, 3.05) is 33.3 Å². The van der Waals surface area contributed by atoms with Gasteiger partial charge in [-0.3, -0.25) is 4.79 Å². The van der Waals surface area contributed by atoms with Crippen molar-refractivity contribution in [2.24, 2.45) is 0 Å². The molecular formula is C15H22N2O3. The molecule has 20 heavy (non-hydrogen) atoms. The minimum absolute atomic E-state index is 0.105. The number of rotatable bonds is 6. The van der Waals surface area contributed by atoms with Gasteiger partial charge in [0.1, 0.15) is 0 Å². The van der Waals surface area contributed by atoms with Gasteiger partial charge in [0.25, 0.3) is 5.91 Å². The number of aromatic hydroxyl groups is 1. The molecule has 0 aromatic heterocycles. The van der Waals surface area contributed by atoms with Gasteiger partial charge in [0, 0.05) is 6.54 Å². The van der Waals surface area contributed by atoms with Gasteiger partial charge in [-0.15, -0.1) is 0 Å². The second kappa shape index (κ2) is 7.14. The van der Waals surface area contributed by atoms with E-state index >= 15 is 0 Å². The third-order valence-corrected chi connectivity index (χ3v) is 3.60. The number of likely N-dealkylation sites (tertiary alicyclic amines) is 1. The normalized spacial score (nSPS) is 15.2. The van der Waals surface area contributed by atoms with Gasteiger partial charge >= 0.3 is 0 Å². The Kier molecular flexibility index (Phi) is 5.24. The van der Waals surface area contributed by atoms with Gasteiger partial charge in [-0.2, -0.15) is 0 Å². The molecule has 1 aliphatic rings. The van der Waals surface area contributed by atoms with E-state index in [1.165, 1.54) is 33.0 Å². The number of amides is 1. The molecule has 1 amide bonds. The number of carbonyl (C=O) groups is 1. The van der Waals surface area contributed by atoms with Crippen LogP contribution in [0, 0.1) is 0 Å². The molecule has 2 rings (SSSR count). The van der Waals surface area contributed by atoms with Crippen LogP contribution in [0.25, 0.3) is 0 Å². The van der Waals surface area contributed by atoms with E-state index in [0.717, 1.165) is 13.0 Å². The van der Waals surface area contributed by atoms with E-state index in [4.69, 9.17) is 4.74 Å². The van der Waals surface area contributed by atoms with Crippen LogP contribution in [0.2, 0.25) is 0 Å². The number of phenolic OH excluding ortho intramolecular Hbond substituents is 1. The lowest BCUT2D eigenvalue weighted by Gasteiger charge is -2.14. The van der Waals surface area contributed by atoms with Crippen molar-refractivity contribution in [2.45, 2.75) is 19.3 Å². The van der Waals surface area contributed by atoms with Crippen molar-refractivity contribution >= 4 is 5.91 Å². The number of hydrogen-bond acceptors (Lipinski definition) is 4. The van der Waals surface area contributed by atoms with Crippen LogP contribution in [-0.4, -0.2) is 49.2 Å². The molecule has 5 heteroatoms. The van der Waals surface area contributed by atoms with Gasteiger partial charge in [-0.25, -0.2) is 0 Å². The van der Waals surface area contributed by atoms with Gasteiger partial charge in [-0.05, 0) is 51.0 Å². The lowest BCUT2D eigenvalue weighted by atomic mass is 10.1. The standard InChI is InChI=1S/C15H22N2O3/c1-20-13-7-4-6-12(14(13)18)15(19)16-8-5-11-17-9-2-3-10-17/h4,6-7,18H,2-3,5,8-11H2,1H3,(H,16,19). The zero-order valence-corrected chi connectivity index (χ0v) is 11.9. The summed E-state index contributed by atoms with van der Waals surface area (Å²) >= 11 is 0. The van der Waals surface area contributed by atoms with Gasteiger partial charge in [-0.1, -0.05) is 6.07 Å². The predicted molar refractivity (Wildman–Crippen MR) is 77.3 cm³/mol. The largest absolute Gasteiger partial charge is 0.504 e. The Hall–Kier alpha value is -1.75. The van der Waals surface area contributed by atoms with Crippen molar-refractivity contribution in [1.29, 1.82) is 0 Å². The summed E-state index contributed by atoms with van der Waals surface area (Å²) in [5.74, 6) is -0.0513. The molecule has 2 N–H and O–H groups in total. The Labute approximate surface area is 119 Å². The first-order chi connectivity index (χ1) is 9.72. The molecule has 1 fully saturated rings. The molecule has 0 radical (unpaired) electrons. The monoisotopic (exact) mass is 278 g/mol. The Morgan fingerprint density at radius 1 is 1.40 bits per heavy atom. The lowest BCUT2D eigenvalue weighted by Crippen LogP contribution is -2.28. The minimum atomic E-state index is -0.261. The zero-order valence-electron chi connectivity index (χ0n) is 11.9. The van der Waals surface area contributed by atoms with Crippen LogP contribution >= 0.6 is 0 Å². The quantitative estimate of drug-likeness (QED) is 0.776. The first-order valence-corrected chi connectivity index (χ1v) is 7.09. The molecular weight excluding hydrogens is 256 g/mol. The fourth-order valence-electron chi connectivity index (χ4n) is 2.48. The van der Waals surface area contributed by atoms with Gasteiger partial charge in [0.15, 0.2) is 11.5 Å². The fraction of sp³-hybridized carbons (Fsp3) is 0.533. The SMILES string of the molecule is COc1cccc(C(=O)NCCCN2CCCC2)c1O. The number of nitrogens with zero attached hydrogens (tertiary/aromatic N) is 1. The summed E-state index contributed by atoms with van der Waals surface area (Å²) < 4.78 is 4.99. The third-order valence-electron chi connectivity index (χ3n) is 3.60. The summed E-state index contributed by atoms with van der Waals surface area (Å²) in [6.07, 6.45) is 3.49. The van der Waals surface area contributed by atoms with E-state index in [1.807, 2.05) is 0 Å². The highest BCUT2D eigenvalue weighted by Crippen LogP contribution is 2.29. The first-order valence-electron chi connectivity index (χ1n) is 7.09. The molecule has 1 aromatic carbocycles. The molecule has 0 aliphatic carbocycles. The second-order valence-corrected chi connectivity index (χ2v) is 5.01. The van der Waals surface area contributed by atoms with Crippen LogP contribution in [0.4, 0.5) is 0 Å². The number of phenols is 1. The van der Waals surface area contributed by atoms with Crippen LogP contribution in [0.15, 0.2) is 18.2 Å². The summed E-state index contributed by atoms with van der Waals surface area (Å²) in [5.41, 5.74) is 0.255. The molecule has 5 nitrogen and oxygen atoms in total. The number of benzene rings is 1. The number of ether oxygens (including phenoxy) is 1. The highest BCUT2D eigenvalue weighted by molar-refractivity contribution is 5.97. The van der Waals surface area contributed by atoms with E-state index in [1.54, 1.807) is 18.2 Å². The van der Waals surface area contributed by atoms with Crippen molar-refractivity contribution in [1.82, 2.24) is 10.2 Å². The van der Waals surface area contributed by atoms with Crippen molar-refractivity contribution in [3.05, 3.63) is 23.8 Å². The topological polar surface area (TPSA) is 61.8 Å². The molecule has 0 unspecified atom stereocenters. The van der Waals surface area contributed by atoms with Crippen LogP contribution in [-0.2, 0) is 0 Å². The van der Waals surface area contributed by atoms with Crippen LogP contribution in [0.5, 0.6) is 11.5 Å². The zero-order chi connectivity index (χ0) is 14.4. The Morgan fingerprint density at radius 2 is 2.15 bits per heavy atom. The third kappa shape index (κ3) is 3.63. The van der Waals surface area contributed by atoms with Crippen LogP contribution < -0.4 is 10.1 Å². The summed E-state index contributed by atoms with van der Waals surface area (Å²) in [6, 6.07) is 4.91. The summed E-state index contributed by atoms with van der Waals surface area (Å²) in [5, 5.41) is 12.7. The lowest BCUT2D eigenvalue weighted by molar-refractivity contribution is 0.0948. The van der Waals surface area contributed by atoms with Crippen molar-refractivity contribution in [3.8, 4) is 11.5 Å². The minimum Gasteiger partial charge on any atom is -0.504 e. The second-order valence-electron chi connectivity index (χ2n) is 5.01. The molecule has 1 aliphatic heterocycles. The van der Waals surface area contributed by atoms with E-state index < -0.39 is 0 Å². The first kappa shape index (κ1) is 14.7. The van der Waals surface area contributed by atoms with E-state index in [-0.39, 0.29) is 17.2 Å². The van der Waals surface area contributed by atoms with E-state index in [2.05, 4.69) is 10.2 Å². The van der Waals surface area contributed by atoms with Gasteiger partial charge in [0.2, 0.25) is 0 Å². The Morgan fingerprint density at radius 3 is 2.85 bits per heavy atom. The van der Waals surface area contributed by atoms with Crippen LogP contribution in [0.1, 0.15) is 29.6 Å². The maximum atomic E-state index is 12.0. The molecule has 1 heterocycles. The number of methoxy groups -OCH3 is 1. The number of nitrogens with one attached hydrogen (secondary N) is 1. The highest BCUT2D eigenvalue weighted by Gasteiger charge is 2.15. The van der Waals surface area contributed by atoms with E-state index in [9.17, 15) is 9.90 Å². The average molecular weight is 278 g/mol. The summed E-state index contributed by atoms with van der Waals surface area (Å²) in [6.45, 7) is 3.98. The Balaban J connectivity index is 1.79. The molecule has 0 atom stereocenters. The molecule has 1 aromatic rings. The highest BCUT2D eigenvalue weighted by atomic mass is 16.5. The molecule has 1 saturated heterocycles. The predicted octanol–water partition coefficient (Wildman–Crippen LogP) is 1.62. The van der Waals surface area contributed by atoms with Crippen molar-refractivity contribution in [3.63, 3.8) is 0 Å². The summed E-state index contributed by atoms with van der Waals surface area (Å²) in [4.78, 5) is 14.4. The van der Waals surface area contributed by atoms with Gasteiger partial charge in [0.05, 0.1) is 12.7 Å². The summed E-state index contributed by atoms with van der Waals surface area (Å²) in [7, 11) is 1.47.